The van der Waals surface area contributed by atoms with Crippen LogP contribution >= 0.6 is 0 Å². The molecule has 1 atom stereocenters. The lowest BCUT2D eigenvalue weighted by Gasteiger charge is -2.33. The van der Waals surface area contributed by atoms with Crippen LogP contribution < -0.4 is 20.2 Å². The smallest absolute Gasteiger partial charge is 0.230 e. The van der Waals surface area contributed by atoms with E-state index in [0.717, 1.165) is 31.1 Å². The zero-order chi connectivity index (χ0) is 16.1. The molecule has 0 spiro atoms. The highest BCUT2D eigenvalue weighted by Crippen LogP contribution is 2.13. The Morgan fingerprint density at radius 3 is 2.36 bits per heavy atom. The number of hydrogen-bond donors (Lipinski definition) is 4. The Labute approximate surface area is 129 Å². The van der Waals surface area contributed by atoms with E-state index in [1.165, 1.54) is 17.0 Å². The van der Waals surface area contributed by atoms with Gasteiger partial charge in [-0.25, -0.2) is 0 Å². The van der Waals surface area contributed by atoms with Crippen molar-refractivity contribution in [3.8, 4) is 5.75 Å². The third-order valence-electron chi connectivity index (χ3n) is 4.06. The van der Waals surface area contributed by atoms with Crippen LogP contribution in [0.3, 0.4) is 0 Å². The highest BCUT2D eigenvalue weighted by Gasteiger charge is 2.30. The quantitative estimate of drug-likeness (QED) is 0.420. The van der Waals surface area contributed by atoms with Crippen molar-refractivity contribution in [1.82, 2.24) is 0 Å². The summed E-state index contributed by atoms with van der Waals surface area (Å²) in [5, 5.41) is 23.2. The molecule has 120 valence electrons. The van der Waals surface area contributed by atoms with Gasteiger partial charge < -0.3 is 30.1 Å². The number of aromatic hydroxyl groups is 1. The molecule has 1 aliphatic heterocycles. The SMILES string of the molecule is C[NH+]1CC[NH+]([C@@H](CC(=O)Nc2ccc(O)cc2)C(=O)[O-])CC1. The van der Waals surface area contributed by atoms with Gasteiger partial charge in [-0.1, -0.05) is 0 Å². The summed E-state index contributed by atoms with van der Waals surface area (Å²) in [5.41, 5.74) is 0.526. The standard InChI is InChI=1S/C15H21N3O4/c1-17-6-8-18(9-7-17)13(15(21)22)10-14(20)16-11-2-4-12(19)5-3-11/h2-5,13,19H,6-10H2,1H3,(H,16,20)(H,21,22)/p+1/t13-/m0/s1. The number of benzene rings is 1. The van der Waals surface area contributed by atoms with Crippen LogP contribution in [-0.4, -0.2) is 56.3 Å². The summed E-state index contributed by atoms with van der Waals surface area (Å²) < 4.78 is 0. The number of quaternary nitrogens is 2. The van der Waals surface area contributed by atoms with Gasteiger partial charge in [-0.3, -0.25) is 4.79 Å². The molecule has 2 rings (SSSR count). The molecule has 1 aromatic rings. The minimum atomic E-state index is -1.18. The van der Waals surface area contributed by atoms with Gasteiger partial charge in [0, 0.05) is 5.69 Å². The number of carboxylic acids is 1. The summed E-state index contributed by atoms with van der Waals surface area (Å²) in [7, 11) is 2.07. The van der Waals surface area contributed by atoms with E-state index in [0.29, 0.717) is 5.69 Å². The third-order valence-corrected chi connectivity index (χ3v) is 4.06. The molecule has 0 radical (unpaired) electrons. The first kappa shape index (κ1) is 16.3. The number of hydrogen-bond acceptors (Lipinski definition) is 4. The number of anilines is 1. The van der Waals surface area contributed by atoms with Crippen LogP contribution in [0.5, 0.6) is 5.75 Å². The molecule has 7 nitrogen and oxygen atoms in total. The van der Waals surface area contributed by atoms with Crippen molar-refractivity contribution in [3.05, 3.63) is 24.3 Å². The Morgan fingerprint density at radius 2 is 1.82 bits per heavy atom. The average molecular weight is 308 g/mol. The van der Waals surface area contributed by atoms with Crippen molar-refractivity contribution in [2.24, 2.45) is 0 Å². The van der Waals surface area contributed by atoms with Crippen LogP contribution in [0.1, 0.15) is 6.42 Å². The zero-order valence-electron chi connectivity index (χ0n) is 12.6. The van der Waals surface area contributed by atoms with Gasteiger partial charge in [0.1, 0.15) is 38.0 Å². The number of carbonyl (C=O) groups excluding carboxylic acids is 2. The van der Waals surface area contributed by atoms with Gasteiger partial charge in [0.05, 0.1) is 19.4 Å². The van der Waals surface area contributed by atoms with E-state index >= 15 is 0 Å². The van der Waals surface area contributed by atoms with E-state index < -0.39 is 12.0 Å². The molecule has 0 aromatic heterocycles. The number of phenols is 1. The number of phenolic OH excluding ortho intramolecular Hbond substituents is 1. The lowest BCUT2D eigenvalue weighted by Crippen LogP contribution is -3.29. The highest BCUT2D eigenvalue weighted by molar-refractivity contribution is 5.93. The molecule has 0 unspecified atom stereocenters. The molecule has 7 heteroatoms. The Kier molecular flexibility index (Phi) is 5.35. The van der Waals surface area contributed by atoms with Gasteiger partial charge in [0.15, 0.2) is 0 Å². The fourth-order valence-corrected chi connectivity index (χ4v) is 2.68. The van der Waals surface area contributed by atoms with Gasteiger partial charge in [-0.15, -0.1) is 0 Å². The lowest BCUT2D eigenvalue weighted by atomic mass is 10.1. The van der Waals surface area contributed by atoms with Crippen molar-refractivity contribution in [2.75, 3.05) is 38.5 Å². The number of aliphatic carboxylic acids is 1. The fourth-order valence-electron chi connectivity index (χ4n) is 2.68. The normalized spacial score (nSPS) is 22.8. The van der Waals surface area contributed by atoms with Crippen LogP contribution in [0.15, 0.2) is 24.3 Å². The van der Waals surface area contributed by atoms with Crippen LogP contribution in [0.25, 0.3) is 0 Å². The van der Waals surface area contributed by atoms with Crippen molar-refractivity contribution in [1.29, 1.82) is 0 Å². The predicted molar refractivity (Wildman–Crippen MR) is 77.5 cm³/mol. The predicted octanol–water partition coefficient (Wildman–Crippen LogP) is -3.75. The van der Waals surface area contributed by atoms with Gasteiger partial charge in [-0.2, -0.15) is 0 Å². The molecule has 4 N–H and O–H groups in total. The Morgan fingerprint density at radius 1 is 1.23 bits per heavy atom. The topological polar surface area (TPSA) is 98.3 Å². The number of nitrogens with one attached hydrogen (secondary N) is 3. The van der Waals surface area contributed by atoms with E-state index in [2.05, 4.69) is 12.4 Å². The largest absolute Gasteiger partial charge is 0.544 e. The molecule has 1 saturated heterocycles. The molecule has 1 aliphatic rings. The third kappa shape index (κ3) is 4.44. The molecule has 1 amide bonds. The van der Waals surface area contributed by atoms with Crippen LogP contribution in [-0.2, 0) is 9.59 Å². The maximum Gasteiger partial charge on any atom is 0.230 e. The molecule has 0 aliphatic carbocycles. The average Bonchev–Trinajstić information content (AvgIpc) is 2.48. The first-order valence-electron chi connectivity index (χ1n) is 7.41. The molecule has 1 heterocycles. The Bertz CT molecular complexity index is 524. The number of amides is 1. The monoisotopic (exact) mass is 308 g/mol. The minimum absolute atomic E-state index is 0.106. The van der Waals surface area contributed by atoms with Crippen molar-refractivity contribution in [3.63, 3.8) is 0 Å². The minimum Gasteiger partial charge on any atom is -0.544 e. The Hall–Kier alpha value is -2.12. The zero-order valence-corrected chi connectivity index (χ0v) is 12.6. The highest BCUT2D eigenvalue weighted by atomic mass is 16.4. The lowest BCUT2D eigenvalue weighted by molar-refractivity contribution is -1.01. The van der Waals surface area contributed by atoms with Gasteiger partial charge in [-0.05, 0) is 24.3 Å². The summed E-state index contributed by atoms with van der Waals surface area (Å²) in [6.07, 6.45) is -0.114. The summed E-state index contributed by atoms with van der Waals surface area (Å²) >= 11 is 0. The molecule has 1 fully saturated rings. The summed E-state index contributed by atoms with van der Waals surface area (Å²) in [6, 6.07) is 5.21. The van der Waals surface area contributed by atoms with Gasteiger partial charge in [0.2, 0.25) is 5.91 Å². The van der Waals surface area contributed by atoms with Crippen LogP contribution in [0.4, 0.5) is 5.69 Å². The van der Waals surface area contributed by atoms with E-state index in [1.54, 1.807) is 12.1 Å². The molecular formula is C15H22N3O4+. The fraction of sp³-hybridized carbons (Fsp3) is 0.467. The molecule has 22 heavy (non-hydrogen) atoms. The Balaban J connectivity index is 1.94. The second-order valence-electron chi connectivity index (χ2n) is 5.79. The molecule has 0 bridgehead atoms. The van der Waals surface area contributed by atoms with Crippen molar-refractivity contribution >= 4 is 17.6 Å². The number of carbonyl (C=O) groups is 2. The maximum atomic E-state index is 12.0. The first-order valence-corrected chi connectivity index (χ1v) is 7.41. The van der Waals surface area contributed by atoms with E-state index in [1.807, 2.05) is 0 Å². The van der Waals surface area contributed by atoms with Crippen molar-refractivity contribution in [2.45, 2.75) is 12.5 Å². The van der Waals surface area contributed by atoms with E-state index in [-0.39, 0.29) is 18.1 Å². The summed E-state index contributed by atoms with van der Waals surface area (Å²) in [5.74, 6) is -1.44. The van der Waals surface area contributed by atoms with E-state index in [4.69, 9.17) is 0 Å². The number of carboxylic acid groups (broad SMARTS) is 1. The number of likely N-dealkylation sites (N-methyl/N-ethyl adjacent to an activating group) is 1. The van der Waals surface area contributed by atoms with Gasteiger partial charge in [0.25, 0.3) is 0 Å². The molecule has 0 saturated carbocycles. The second-order valence-corrected chi connectivity index (χ2v) is 5.79. The van der Waals surface area contributed by atoms with Crippen LogP contribution in [0, 0.1) is 0 Å². The second kappa shape index (κ2) is 7.24. The molecular weight excluding hydrogens is 286 g/mol. The number of piperazine rings is 1. The van der Waals surface area contributed by atoms with Crippen molar-refractivity contribution < 1.29 is 29.6 Å². The summed E-state index contributed by atoms with van der Waals surface area (Å²) in [4.78, 5) is 25.7. The van der Waals surface area contributed by atoms with E-state index in [9.17, 15) is 19.8 Å². The van der Waals surface area contributed by atoms with Crippen LogP contribution in [0.2, 0.25) is 0 Å². The molecule has 1 aromatic carbocycles. The maximum absolute atomic E-state index is 12.0. The first-order chi connectivity index (χ1) is 10.5. The number of rotatable bonds is 5. The van der Waals surface area contributed by atoms with Gasteiger partial charge >= 0.3 is 0 Å². The summed E-state index contributed by atoms with van der Waals surface area (Å²) in [6.45, 7) is 3.21.